The summed E-state index contributed by atoms with van der Waals surface area (Å²) in [5.41, 5.74) is 4.07. The molecule has 2 aromatic carbocycles. The molecule has 1 N–H and O–H groups in total. The molecule has 29 heavy (non-hydrogen) atoms. The minimum absolute atomic E-state index is 0.356. The number of thiazole rings is 1. The van der Waals surface area contributed by atoms with E-state index in [2.05, 4.69) is 21.4 Å². The number of anilines is 2. The Bertz CT molecular complexity index is 1340. The predicted molar refractivity (Wildman–Crippen MR) is 114 cm³/mol. The lowest BCUT2D eigenvalue weighted by Crippen LogP contribution is -2.23. The molecular formula is C21H14ClN5OS. The Morgan fingerprint density at radius 2 is 2.10 bits per heavy atom. The number of para-hydroxylation sites is 1. The van der Waals surface area contributed by atoms with E-state index in [-0.39, 0.29) is 0 Å². The first-order valence-corrected chi connectivity index (χ1v) is 10.3. The molecule has 0 spiro atoms. The van der Waals surface area contributed by atoms with E-state index in [9.17, 15) is 10.1 Å². The maximum Gasteiger partial charge on any atom is 0.354 e. The summed E-state index contributed by atoms with van der Waals surface area (Å²) in [6.45, 7) is 0. The number of hydrogen-bond acceptors (Lipinski definition) is 6. The maximum absolute atomic E-state index is 13.1. The highest BCUT2D eigenvalue weighted by Gasteiger charge is 2.28. The highest BCUT2D eigenvalue weighted by molar-refractivity contribution is 7.13. The fraction of sp³-hybridized carbons (Fsp3) is 0.143. The standard InChI is InChI=1S/C21H14ClN5OS/c22-16-3-1-2-4-17(16)27-18-8-14(12-5-6-12)13(9-23)7-15(18)20(26-21(27)28)25-19-10-24-11-29-19/h1-4,7-8,10-12H,5-6H2,(H,25,26,28). The summed E-state index contributed by atoms with van der Waals surface area (Å²) < 4.78 is 1.52. The third-order valence-corrected chi connectivity index (χ3v) is 5.98. The lowest BCUT2D eigenvalue weighted by Gasteiger charge is -2.16. The predicted octanol–water partition coefficient (Wildman–Crippen LogP) is 4.99. The molecule has 2 heterocycles. The number of fused-ring (bicyclic) bond motifs is 1. The molecule has 0 radical (unpaired) electrons. The van der Waals surface area contributed by atoms with Crippen molar-refractivity contribution in [2.24, 2.45) is 0 Å². The fourth-order valence-corrected chi connectivity index (χ4v) is 4.21. The third kappa shape index (κ3) is 3.16. The quantitative estimate of drug-likeness (QED) is 0.503. The molecule has 0 saturated heterocycles. The van der Waals surface area contributed by atoms with Gasteiger partial charge in [-0.3, -0.25) is 9.55 Å². The normalized spacial score (nSPS) is 13.4. The second kappa shape index (κ2) is 6.99. The van der Waals surface area contributed by atoms with Crippen LogP contribution in [-0.2, 0) is 0 Å². The summed E-state index contributed by atoms with van der Waals surface area (Å²) in [5.74, 6) is 0.756. The van der Waals surface area contributed by atoms with Gasteiger partial charge >= 0.3 is 5.69 Å². The largest absolute Gasteiger partial charge is 0.354 e. The van der Waals surface area contributed by atoms with E-state index in [1.54, 1.807) is 23.8 Å². The van der Waals surface area contributed by atoms with Crippen LogP contribution < -0.4 is 11.0 Å². The Morgan fingerprint density at radius 1 is 1.28 bits per heavy atom. The van der Waals surface area contributed by atoms with Crippen LogP contribution >= 0.6 is 22.9 Å². The zero-order chi connectivity index (χ0) is 20.0. The average molecular weight is 420 g/mol. The summed E-state index contributed by atoms with van der Waals surface area (Å²) in [7, 11) is 0. The van der Waals surface area contributed by atoms with Crippen LogP contribution in [0, 0.1) is 11.3 Å². The van der Waals surface area contributed by atoms with E-state index in [4.69, 9.17) is 11.6 Å². The number of nitrogens with one attached hydrogen (secondary N) is 1. The second-order valence-electron chi connectivity index (χ2n) is 6.86. The van der Waals surface area contributed by atoms with Crippen molar-refractivity contribution < 1.29 is 0 Å². The number of hydrogen-bond donors (Lipinski definition) is 1. The van der Waals surface area contributed by atoms with Crippen molar-refractivity contribution in [3.05, 3.63) is 74.7 Å². The number of aromatic nitrogens is 3. The Hall–Kier alpha value is -3.21. The van der Waals surface area contributed by atoms with E-state index < -0.39 is 5.69 Å². The van der Waals surface area contributed by atoms with Crippen LogP contribution in [0.3, 0.4) is 0 Å². The first-order valence-electron chi connectivity index (χ1n) is 9.07. The molecule has 1 aliphatic carbocycles. The van der Waals surface area contributed by atoms with Crippen LogP contribution in [-0.4, -0.2) is 14.5 Å². The minimum Gasteiger partial charge on any atom is -0.330 e. The fourth-order valence-electron chi connectivity index (χ4n) is 3.47. The van der Waals surface area contributed by atoms with Crippen LogP contribution in [0.15, 0.2) is 52.9 Å². The van der Waals surface area contributed by atoms with Crippen molar-refractivity contribution in [2.75, 3.05) is 5.32 Å². The Kier molecular flexibility index (Phi) is 4.31. The Morgan fingerprint density at radius 3 is 2.79 bits per heavy atom. The van der Waals surface area contributed by atoms with Crippen LogP contribution in [0.5, 0.6) is 0 Å². The van der Waals surface area contributed by atoms with Gasteiger partial charge in [0, 0.05) is 5.39 Å². The van der Waals surface area contributed by atoms with Crippen molar-refractivity contribution in [3.8, 4) is 11.8 Å². The number of nitrogens with zero attached hydrogens (tertiary/aromatic N) is 4. The van der Waals surface area contributed by atoms with Crippen LogP contribution in [0.2, 0.25) is 5.02 Å². The molecule has 4 aromatic rings. The Labute approximate surface area is 175 Å². The number of halogens is 1. The van der Waals surface area contributed by atoms with Gasteiger partial charge in [0.15, 0.2) is 0 Å². The Balaban J connectivity index is 1.84. The van der Waals surface area contributed by atoms with E-state index in [0.29, 0.717) is 38.9 Å². The molecule has 1 saturated carbocycles. The van der Waals surface area contributed by atoms with Gasteiger partial charge < -0.3 is 5.32 Å². The van der Waals surface area contributed by atoms with Crippen LogP contribution in [0.1, 0.15) is 29.9 Å². The van der Waals surface area contributed by atoms with E-state index in [0.717, 1.165) is 23.4 Å². The molecule has 0 atom stereocenters. The molecule has 0 amide bonds. The molecule has 6 nitrogen and oxygen atoms in total. The summed E-state index contributed by atoms with van der Waals surface area (Å²) >= 11 is 7.80. The molecule has 5 rings (SSSR count). The summed E-state index contributed by atoms with van der Waals surface area (Å²) in [6.07, 6.45) is 3.77. The molecule has 2 aromatic heterocycles. The number of nitriles is 1. The summed E-state index contributed by atoms with van der Waals surface area (Å²) in [4.78, 5) is 21.4. The number of benzene rings is 2. The molecule has 0 aliphatic heterocycles. The van der Waals surface area contributed by atoms with Crippen LogP contribution in [0.4, 0.5) is 10.8 Å². The van der Waals surface area contributed by atoms with Gasteiger partial charge in [-0.25, -0.2) is 4.79 Å². The second-order valence-corrected chi connectivity index (χ2v) is 8.16. The summed E-state index contributed by atoms with van der Waals surface area (Å²) in [5, 5.41) is 14.8. The van der Waals surface area contributed by atoms with Crippen molar-refractivity contribution in [1.29, 1.82) is 5.26 Å². The van der Waals surface area contributed by atoms with Gasteiger partial charge in [0.2, 0.25) is 0 Å². The molecule has 0 unspecified atom stereocenters. The SMILES string of the molecule is N#Cc1cc2c(Nc3cncs3)nc(=O)n(-c3ccccc3Cl)c2cc1C1CC1. The number of rotatable bonds is 4. The van der Waals surface area contributed by atoms with Crippen molar-refractivity contribution in [1.82, 2.24) is 14.5 Å². The van der Waals surface area contributed by atoms with Gasteiger partial charge in [0.25, 0.3) is 0 Å². The highest BCUT2D eigenvalue weighted by atomic mass is 35.5. The van der Waals surface area contributed by atoms with Gasteiger partial charge in [-0.2, -0.15) is 10.2 Å². The molecular weight excluding hydrogens is 406 g/mol. The van der Waals surface area contributed by atoms with Crippen molar-refractivity contribution in [3.63, 3.8) is 0 Å². The highest BCUT2D eigenvalue weighted by Crippen LogP contribution is 2.43. The first-order chi connectivity index (χ1) is 14.2. The molecule has 8 heteroatoms. The average Bonchev–Trinajstić information content (AvgIpc) is 3.45. The molecule has 142 valence electrons. The zero-order valence-corrected chi connectivity index (χ0v) is 16.7. The van der Waals surface area contributed by atoms with E-state index in [1.165, 1.54) is 15.9 Å². The van der Waals surface area contributed by atoms with Crippen molar-refractivity contribution in [2.45, 2.75) is 18.8 Å². The lowest BCUT2D eigenvalue weighted by molar-refractivity contribution is 0.959. The monoisotopic (exact) mass is 419 g/mol. The molecule has 0 bridgehead atoms. The molecule has 1 fully saturated rings. The smallest absolute Gasteiger partial charge is 0.330 e. The topological polar surface area (TPSA) is 83.6 Å². The lowest BCUT2D eigenvalue weighted by atomic mass is 10.0. The summed E-state index contributed by atoms with van der Waals surface area (Å²) in [6, 6.07) is 13.2. The third-order valence-electron chi connectivity index (χ3n) is 4.97. The van der Waals surface area contributed by atoms with Crippen LogP contribution in [0.25, 0.3) is 16.6 Å². The van der Waals surface area contributed by atoms with Gasteiger partial charge in [-0.05, 0) is 48.6 Å². The zero-order valence-electron chi connectivity index (χ0n) is 15.1. The molecule has 1 aliphatic rings. The van der Waals surface area contributed by atoms with Crippen molar-refractivity contribution >= 4 is 44.7 Å². The van der Waals surface area contributed by atoms with Gasteiger partial charge in [-0.1, -0.05) is 23.7 Å². The van der Waals surface area contributed by atoms with E-state index in [1.807, 2.05) is 24.3 Å². The van der Waals surface area contributed by atoms with Gasteiger partial charge in [0.05, 0.1) is 39.6 Å². The maximum atomic E-state index is 13.1. The van der Waals surface area contributed by atoms with Gasteiger partial charge in [-0.15, -0.1) is 11.3 Å². The minimum atomic E-state index is -0.441. The first kappa shape index (κ1) is 17.9. The van der Waals surface area contributed by atoms with Gasteiger partial charge in [0.1, 0.15) is 10.8 Å². The van der Waals surface area contributed by atoms with E-state index >= 15 is 0 Å².